The second-order valence-electron chi connectivity index (χ2n) is 4.08. The number of hydrogen-bond acceptors (Lipinski definition) is 1. The smallest absolute Gasteiger partial charge is 0.311 e. The second-order valence-corrected chi connectivity index (χ2v) is 4.08. The van der Waals surface area contributed by atoms with Crippen molar-refractivity contribution in [3.8, 4) is 0 Å². The van der Waals surface area contributed by atoms with Gasteiger partial charge in [-0.1, -0.05) is 31.5 Å². The van der Waals surface area contributed by atoms with Crippen molar-refractivity contribution in [1.82, 2.24) is 0 Å². The van der Waals surface area contributed by atoms with E-state index in [2.05, 4.69) is 0 Å². The highest BCUT2D eigenvalue weighted by Gasteiger charge is 2.26. The summed E-state index contributed by atoms with van der Waals surface area (Å²) in [6.45, 7) is 5.38. The number of carboxylic acids is 1. The molecule has 0 saturated heterocycles. The Morgan fingerprint density at radius 1 is 1.40 bits per heavy atom. The van der Waals surface area contributed by atoms with Crippen molar-refractivity contribution in [2.45, 2.75) is 26.7 Å². The summed E-state index contributed by atoms with van der Waals surface area (Å²) in [6, 6.07) is 4.56. The molecule has 1 N–H and O–H groups in total. The number of carboxylic acid groups (broad SMARTS) is 1. The van der Waals surface area contributed by atoms with Gasteiger partial charge in [-0.15, -0.1) is 0 Å². The summed E-state index contributed by atoms with van der Waals surface area (Å²) in [5.41, 5.74) is 1.15. The lowest BCUT2D eigenvalue weighted by atomic mass is 9.87. The van der Waals surface area contributed by atoms with E-state index >= 15 is 0 Å². The van der Waals surface area contributed by atoms with Gasteiger partial charge in [0.2, 0.25) is 0 Å². The minimum absolute atomic E-state index is 0.126. The Kier molecular flexibility index (Phi) is 3.45. The van der Waals surface area contributed by atoms with Crippen molar-refractivity contribution in [1.29, 1.82) is 0 Å². The molecule has 2 nitrogen and oxygen atoms in total. The third kappa shape index (κ3) is 2.55. The highest BCUT2D eigenvalue weighted by atomic mass is 19.1. The molecular weight excluding hydrogens is 195 g/mol. The van der Waals surface area contributed by atoms with Crippen LogP contribution in [0.3, 0.4) is 0 Å². The zero-order chi connectivity index (χ0) is 11.6. The Hall–Kier alpha value is -1.38. The van der Waals surface area contributed by atoms with Crippen LogP contribution in [0.15, 0.2) is 18.2 Å². The summed E-state index contributed by atoms with van der Waals surface area (Å²) >= 11 is 0. The number of carbonyl (C=O) groups is 1. The summed E-state index contributed by atoms with van der Waals surface area (Å²) in [4.78, 5) is 11.0. The van der Waals surface area contributed by atoms with E-state index in [1.54, 1.807) is 26.0 Å². The van der Waals surface area contributed by atoms with Gasteiger partial charge in [-0.2, -0.15) is 0 Å². The first-order valence-electron chi connectivity index (χ1n) is 4.92. The Balaban J connectivity index is 3.22. The van der Waals surface area contributed by atoms with Crippen LogP contribution in [0.1, 0.15) is 30.9 Å². The van der Waals surface area contributed by atoms with Gasteiger partial charge in [0.1, 0.15) is 5.82 Å². The van der Waals surface area contributed by atoms with Crippen LogP contribution in [0.2, 0.25) is 0 Å². The molecule has 0 aliphatic rings. The van der Waals surface area contributed by atoms with Crippen LogP contribution in [0, 0.1) is 18.7 Å². The van der Waals surface area contributed by atoms with Gasteiger partial charge >= 0.3 is 5.97 Å². The zero-order valence-electron chi connectivity index (χ0n) is 9.12. The molecule has 82 valence electrons. The lowest BCUT2D eigenvalue weighted by Gasteiger charge is -2.17. The molecule has 0 bridgehead atoms. The molecule has 1 rings (SSSR count). The molecule has 1 atom stereocenters. The van der Waals surface area contributed by atoms with Gasteiger partial charge < -0.3 is 5.11 Å². The third-order valence-corrected chi connectivity index (χ3v) is 2.42. The number of rotatable bonds is 3. The lowest BCUT2D eigenvalue weighted by molar-refractivity contribution is -0.139. The zero-order valence-corrected chi connectivity index (χ0v) is 9.12. The van der Waals surface area contributed by atoms with Gasteiger partial charge in [0, 0.05) is 5.56 Å². The molecule has 0 aromatic heterocycles. The van der Waals surface area contributed by atoms with Crippen molar-refractivity contribution in [3.05, 3.63) is 35.1 Å². The highest BCUT2D eigenvalue weighted by Crippen LogP contribution is 2.27. The molecule has 0 amide bonds. The molecule has 0 saturated carbocycles. The number of benzene rings is 1. The maximum atomic E-state index is 13.5. The molecule has 0 fully saturated rings. The topological polar surface area (TPSA) is 37.3 Å². The van der Waals surface area contributed by atoms with E-state index in [-0.39, 0.29) is 11.5 Å². The Morgan fingerprint density at radius 2 is 2.00 bits per heavy atom. The predicted octanol–water partition coefficient (Wildman–Crippen LogP) is 2.96. The molecular formula is C12H15FO2. The standard InChI is InChI=1S/C12H15FO2/c1-7(2)11(12(14)15)9-6-8(3)4-5-10(9)13/h4-7,11H,1-3H3,(H,14,15). The van der Waals surface area contributed by atoms with Crippen LogP contribution >= 0.6 is 0 Å². The SMILES string of the molecule is Cc1ccc(F)c(C(C(=O)O)C(C)C)c1. The summed E-state index contributed by atoms with van der Waals surface area (Å²) in [5, 5.41) is 9.05. The average Bonchev–Trinajstić information content (AvgIpc) is 2.10. The van der Waals surface area contributed by atoms with E-state index in [9.17, 15) is 9.18 Å². The van der Waals surface area contributed by atoms with Gasteiger partial charge in [0.25, 0.3) is 0 Å². The molecule has 1 aromatic carbocycles. The maximum absolute atomic E-state index is 13.5. The first-order valence-corrected chi connectivity index (χ1v) is 4.92. The van der Waals surface area contributed by atoms with Crippen LogP contribution in [-0.4, -0.2) is 11.1 Å². The summed E-state index contributed by atoms with van der Waals surface area (Å²) < 4.78 is 13.5. The monoisotopic (exact) mass is 210 g/mol. The molecule has 3 heteroatoms. The van der Waals surface area contributed by atoms with Crippen LogP contribution in [0.4, 0.5) is 4.39 Å². The van der Waals surface area contributed by atoms with Crippen molar-refractivity contribution in [3.63, 3.8) is 0 Å². The van der Waals surface area contributed by atoms with Gasteiger partial charge in [0.15, 0.2) is 0 Å². The first kappa shape index (κ1) is 11.7. The van der Waals surface area contributed by atoms with Gasteiger partial charge in [-0.3, -0.25) is 4.79 Å². The third-order valence-electron chi connectivity index (χ3n) is 2.42. The molecule has 0 aliphatic carbocycles. The van der Waals surface area contributed by atoms with E-state index in [4.69, 9.17) is 5.11 Å². The van der Waals surface area contributed by atoms with E-state index in [1.165, 1.54) is 6.07 Å². The summed E-state index contributed by atoms with van der Waals surface area (Å²) in [7, 11) is 0. The number of aliphatic carboxylic acids is 1. The largest absolute Gasteiger partial charge is 0.481 e. The first-order chi connectivity index (χ1) is 6.93. The predicted molar refractivity (Wildman–Crippen MR) is 56.4 cm³/mol. The summed E-state index contributed by atoms with van der Waals surface area (Å²) in [5.74, 6) is -2.32. The van der Waals surface area contributed by atoms with Crippen LogP contribution < -0.4 is 0 Å². The van der Waals surface area contributed by atoms with Crippen LogP contribution in [0.25, 0.3) is 0 Å². The lowest BCUT2D eigenvalue weighted by Crippen LogP contribution is -2.18. The Morgan fingerprint density at radius 3 is 2.47 bits per heavy atom. The fourth-order valence-electron chi connectivity index (χ4n) is 1.68. The van der Waals surface area contributed by atoms with Gasteiger partial charge in [-0.05, 0) is 18.9 Å². The average molecular weight is 210 g/mol. The number of aryl methyl sites for hydroxylation is 1. The normalized spacial score (nSPS) is 12.9. The second kappa shape index (κ2) is 4.43. The van der Waals surface area contributed by atoms with E-state index in [1.807, 2.05) is 6.92 Å². The van der Waals surface area contributed by atoms with Gasteiger partial charge in [0.05, 0.1) is 5.92 Å². The fourth-order valence-corrected chi connectivity index (χ4v) is 1.68. The van der Waals surface area contributed by atoms with E-state index in [0.717, 1.165) is 5.56 Å². The Labute approximate surface area is 88.7 Å². The van der Waals surface area contributed by atoms with E-state index in [0.29, 0.717) is 0 Å². The van der Waals surface area contributed by atoms with Crippen molar-refractivity contribution < 1.29 is 14.3 Å². The quantitative estimate of drug-likeness (QED) is 0.832. The van der Waals surface area contributed by atoms with Crippen molar-refractivity contribution in [2.75, 3.05) is 0 Å². The summed E-state index contributed by atoms with van der Waals surface area (Å²) in [6.07, 6.45) is 0. The van der Waals surface area contributed by atoms with Crippen LogP contribution in [0.5, 0.6) is 0 Å². The highest BCUT2D eigenvalue weighted by molar-refractivity contribution is 5.76. The number of hydrogen-bond donors (Lipinski definition) is 1. The molecule has 1 aromatic rings. The molecule has 0 heterocycles. The Bertz CT molecular complexity index is 372. The van der Waals surface area contributed by atoms with E-state index < -0.39 is 17.7 Å². The van der Waals surface area contributed by atoms with Gasteiger partial charge in [-0.25, -0.2) is 4.39 Å². The molecule has 15 heavy (non-hydrogen) atoms. The fraction of sp³-hybridized carbons (Fsp3) is 0.417. The van der Waals surface area contributed by atoms with Crippen LogP contribution in [-0.2, 0) is 4.79 Å². The molecule has 0 spiro atoms. The minimum atomic E-state index is -0.977. The number of halogens is 1. The minimum Gasteiger partial charge on any atom is -0.481 e. The molecule has 0 radical (unpaired) electrons. The molecule has 1 unspecified atom stereocenters. The van der Waals surface area contributed by atoms with Crippen molar-refractivity contribution >= 4 is 5.97 Å². The van der Waals surface area contributed by atoms with Crippen molar-refractivity contribution in [2.24, 2.45) is 5.92 Å². The maximum Gasteiger partial charge on any atom is 0.311 e. The molecule has 0 aliphatic heterocycles.